The predicted octanol–water partition coefficient (Wildman–Crippen LogP) is 3.79. The van der Waals surface area contributed by atoms with Gasteiger partial charge in [0.15, 0.2) is 0 Å². The maximum absolute atomic E-state index is 5.90. The van der Waals surface area contributed by atoms with Gasteiger partial charge in [-0.05, 0) is 57.5 Å². The van der Waals surface area contributed by atoms with Crippen LogP contribution in [-0.4, -0.2) is 31.9 Å². The van der Waals surface area contributed by atoms with Crippen LogP contribution in [0, 0.1) is 0 Å². The van der Waals surface area contributed by atoms with Gasteiger partial charge < -0.3 is 14.8 Å². The summed E-state index contributed by atoms with van der Waals surface area (Å²) < 4.78 is 12.3. The molecule has 20 heavy (non-hydrogen) atoms. The minimum Gasteiger partial charge on any atom is -0.497 e. The summed E-state index contributed by atoms with van der Waals surface area (Å²) in [5.41, 5.74) is 1.12. The van der Waals surface area contributed by atoms with Crippen molar-refractivity contribution in [2.75, 3.05) is 20.3 Å². The molecule has 3 nitrogen and oxygen atoms in total. The van der Waals surface area contributed by atoms with Crippen LogP contribution < -0.4 is 10.1 Å². The molecule has 0 aliphatic heterocycles. The van der Waals surface area contributed by atoms with E-state index in [-0.39, 0.29) is 5.60 Å². The molecular formula is C16H26BrNO2. The Morgan fingerprint density at radius 1 is 1.30 bits per heavy atom. The minimum atomic E-state index is -0.112. The van der Waals surface area contributed by atoms with E-state index in [0.29, 0.717) is 12.6 Å². The Balaban J connectivity index is 2.74. The lowest BCUT2D eigenvalue weighted by Crippen LogP contribution is -2.38. The maximum Gasteiger partial charge on any atom is 0.119 e. The third-order valence-corrected chi connectivity index (χ3v) is 3.70. The van der Waals surface area contributed by atoms with Gasteiger partial charge in [-0.2, -0.15) is 0 Å². The molecule has 1 unspecified atom stereocenters. The number of methoxy groups -OCH3 is 1. The Hall–Kier alpha value is -0.580. The van der Waals surface area contributed by atoms with Gasteiger partial charge in [0.2, 0.25) is 0 Å². The van der Waals surface area contributed by atoms with Crippen molar-refractivity contribution in [2.45, 2.75) is 45.8 Å². The highest BCUT2D eigenvalue weighted by atomic mass is 79.9. The lowest BCUT2D eigenvalue weighted by Gasteiger charge is -2.25. The largest absolute Gasteiger partial charge is 0.497 e. The van der Waals surface area contributed by atoms with Gasteiger partial charge in [0, 0.05) is 10.5 Å². The van der Waals surface area contributed by atoms with E-state index in [9.17, 15) is 0 Å². The predicted molar refractivity (Wildman–Crippen MR) is 87.6 cm³/mol. The van der Waals surface area contributed by atoms with Crippen LogP contribution in [-0.2, 0) is 11.2 Å². The smallest absolute Gasteiger partial charge is 0.119 e. The molecule has 0 spiro atoms. The van der Waals surface area contributed by atoms with E-state index >= 15 is 0 Å². The Morgan fingerprint density at radius 3 is 2.55 bits per heavy atom. The third-order valence-electron chi connectivity index (χ3n) is 2.93. The van der Waals surface area contributed by atoms with E-state index in [4.69, 9.17) is 9.47 Å². The first-order valence-electron chi connectivity index (χ1n) is 7.05. The van der Waals surface area contributed by atoms with Crippen molar-refractivity contribution < 1.29 is 9.47 Å². The fourth-order valence-electron chi connectivity index (χ4n) is 1.93. The first-order valence-corrected chi connectivity index (χ1v) is 7.84. The quantitative estimate of drug-likeness (QED) is 0.816. The summed E-state index contributed by atoms with van der Waals surface area (Å²) >= 11 is 3.61. The Morgan fingerprint density at radius 2 is 2.00 bits per heavy atom. The zero-order valence-electron chi connectivity index (χ0n) is 13.1. The maximum atomic E-state index is 5.90. The highest BCUT2D eigenvalue weighted by Gasteiger charge is 2.16. The highest BCUT2D eigenvalue weighted by Crippen LogP contribution is 2.24. The zero-order valence-corrected chi connectivity index (χ0v) is 14.7. The van der Waals surface area contributed by atoms with Crippen LogP contribution in [0.5, 0.6) is 5.75 Å². The van der Waals surface area contributed by atoms with E-state index < -0.39 is 0 Å². The van der Waals surface area contributed by atoms with Gasteiger partial charge in [-0.15, -0.1) is 0 Å². The number of ether oxygens (including phenoxy) is 2. The Kier molecular flexibility index (Phi) is 7.00. The van der Waals surface area contributed by atoms with E-state index in [0.717, 1.165) is 23.2 Å². The molecule has 1 N–H and O–H groups in total. The molecule has 0 heterocycles. The Labute approximate surface area is 131 Å². The summed E-state index contributed by atoms with van der Waals surface area (Å²) in [5, 5.41) is 3.48. The van der Waals surface area contributed by atoms with Crippen LogP contribution in [0.4, 0.5) is 0 Å². The molecule has 0 aliphatic carbocycles. The molecule has 0 radical (unpaired) electrons. The van der Waals surface area contributed by atoms with Gasteiger partial charge in [0.1, 0.15) is 5.75 Å². The van der Waals surface area contributed by atoms with Crippen molar-refractivity contribution in [3.8, 4) is 5.75 Å². The summed E-state index contributed by atoms with van der Waals surface area (Å²) in [6.07, 6.45) is 0.904. The summed E-state index contributed by atoms with van der Waals surface area (Å²) in [6, 6.07) is 6.36. The number of halogens is 1. The second kappa shape index (κ2) is 8.01. The van der Waals surface area contributed by atoms with Crippen LogP contribution in [0.1, 0.15) is 33.3 Å². The van der Waals surface area contributed by atoms with Gasteiger partial charge in [0.05, 0.1) is 19.3 Å². The van der Waals surface area contributed by atoms with E-state index in [1.807, 2.05) is 12.1 Å². The monoisotopic (exact) mass is 343 g/mol. The van der Waals surface area contributed by atoms with E-state index in [1.165, 1.54) is 5.56 Å². The second-order valence-corrected chi connectivity index (χ2v) is 6.69. The van der Waals surface area contributed by atoms with Crippen molar-refractivity contribution in [1.29, 1.82) is 0 Å². The van der Waals surface area contributed by atoms with E-state index in [2.05, 4.69) is 55.0 Å². The van der Waals surface area contributed by atoms with Gasteiger partial charge in [0.25, 0.3) is 0 Å². The van der Waals surface area contributed by atoms with Gasteiger partial charge in [-0.25, -0.2) is 0 Å². The highest BCUT2D eigenvalue weighted by molar-refractivity contribution is 9.10. The first kappa shape index (κ1) is 17.5. The van der Waals surface area contributed by atoms with Crippen molar-refractivity contribution >= 4 is 15.9 Å². The van der Waals surface area contributed by atoms with Crippen LogP contribution >= 0.6 is 15.9 Å². The lowest BCUT2D eigenvalue weighted by molar-refractivity contribution is -0.0142. The van der Waals surface area contributed by atoms with Crippen LogP contribution in [0.3, 0.4) is 0 Å². The number of likely N-dealkylation sites (N-methyl/N-ethyl adjacent to an activating group) is 1. The average molecular weight is 344 g/mol. The fourth-order valence-corrected chi connectivity index (χ4v) is 2.34. The van der Waals surface area contributed by atoms with Crippen LogP contribution in [0.25, 0.3) is 0 Å². The molecule has 0 bridgehead atoms. The normalized spacial score (nSPS) is 13.3. The molecule has 0 aliphatic rings. The third kappa shape index (κ3) is 6.25. The lowest BCUT2D eigenvalue weighted by atomic mass is 10.1. The Bertz CT molecular complexity index is 415. The molecule has 0 saturated carbocycles. The molecule has 1 aromatic rings. The zero-order chi connectivity index (χ0) is 15.2. The van der Waals surface area contributed by atoms with Gasteiger partial charge >= 0.3 is 0 Å². The molecule has 0 aromatic heterocycles. The molecule has 0 saturated heterocycles. The molecule has 1 atom stereocenters. The molecule has 1 aromatic carbocycles. The topological polar surface area (TPSA) is 30.5 Å². The number of hydrogen-bond acceptors (Lipinski definition) is 3. The van der Waals surface area contributed by atoms with Gasteiger partial charge in [-0.1, -0.05) is 22.9 Å². The van der Waals surface area contributed by atoms with Crippen LogP contribution in [0.2, 0.25) is 0 Å². The summed E-state index contributed by atoms with van der Waals surface area (Å²) in [6.45, 7) is 9.98. The first-order chi connectivity index (χ1) is 9.35. The summed E-state index contributed by atoms with van der Waals surface area (Å²) in [7, 11) is 1.69. The van der Waals surface area contributed by atoms with Crippen molar-refractivity contribution in [1.82, 2.24) is 5.32 Å². The number of hydrogen-bond donors (Lipinski definition) is 1. The van der Waals surface area contributed by atoms with Crippen molar-refractivity contribution in [3.63, 3.8) is 0 Å². The molecular weight excluding hydrogens is 318 g/mol. The van der Waals surface area contributed by atoms with Crippen LogP contribution in [0.15, 0.2) is 22.7 Å². The standard InChI is InChI=1S/C16H26BrNO2/c1-6-18-13(11-20-16(2,3)4)9-12-10-14(19-5)7-8-15(12)17/h7-8,10,13,18H,6,9,11H2,1-5H3. The summed E-state index contributed by atoms with van der Waals surface area (Å²) in [5.74, 6) is 0.884. The molecule has 0 amide bonds. The SMILES string of the molecule is CCNC(COC(C)(C)C)Cc1cc(OC)ccc1Br. The second-order valence-electron chi connectivity index (χ2n) is 5.84. The molecule has 0 fully saturated rings. The van der Waals surface area contributed by atoms with E-state index in [1.54, 1.807) is 7.11 Å². The van der Waals surface area contributed by atoms with Crippen molar-refractivity contribution in [2.24, 2.45) is 0 Å². The molecule has 114 valence electrons. The number of nitrogens with one attached hydrogen (secondary N) is 1. The van der Waals surface area contributed by atoms with Gasteiger partial charge in [-0.3, -0.25) is 0 Å². The minimum absolute atomic E-state index is 0.112. The number of benzene rings is 1. The number of rotatable bonds is 7. The fraction of sp³-hybridized carbons (Fsp3) is 0.625. The summed E-state index contributed by atoms with van der Waals surface area (Å²) in [4.78, 5) is 0. The molecule has 1 rings (SSSR count). The molecule has 4 heteroatoms. The average Bonchev–Trinajstić information content (AvgIpc) is 2.38. The van der Waals surface area contributed by atoms with Crippen molar-refractivity contribution in [3.05, 3.63) is 28.2 Å².